The van der Waals surface area contributed by atoms with E-state index >= 15 is 0 Å². The molecule has 0 atom stereocenters. The Balaban J connectivity index is 2.97. The molecule has 2 aromatic rings. The smallest absolute Gasteiger partial charge is 0.407 e. The molecule has 3 nitrogen and oxygen atoms in total. The third kappa shape index (κ3) is 1.39. The summed E-state index contributed by atoms with van der Waals surface area (Å²) in [4.78, 5) is 13.4. The highest BCUT2D eigenvalue weighted by Crippen LogP contribution is 2.20. The van der Waals surface area contributed by atoms with E-state index in [1.165, 1.54) is 0 Å². The number of aromatic nitrogens is 1. The maximum absolute atomic E-state index is 10.8. The van der Waals surface area contributed by atoms with Crippen LogP contribution < -0.4 is 5.76 Å². The molecule has 1 aromatic carbocycles. The van der Waals surface area contributed by atoms with E-state index in [-0.39, 0.29) is 0 Å². The molecule has 0 bridgehead atoms. The van der Waals surface area contributed by atoms with Gasteiger partial charge in [0.2, 0.25) is 0 Å². The highest BCUT2D eigenvalue weighted by Gasteiger charge is 2.05. The van der Waals surface area contributed by atoms with Crippen molar-refractivity contribution in [2.24, 2.45) is 0 Å². The van der Waals surface area contributed by atoms with E-state index in [4.69, 9.17) is 4.42 Å². The lowest BCUT2D eigenvalue weighted by Crippen LogP contribution is -1.92. The molecule has 0 saturated carbocycles. The van der Waals surface area contributed by atoms with Crippen LogP contribution in [0.1, 0.15) is 0 Å². The second kappa shape index (κ2) is 3.02. The summed E-state index contributed by atoms with van der Waals surface area (Å²) >= 11 is 4.33. The molecular formula is C7H3I2NO2. The van der Waals surface area contributed by atoms with Gasteiger partial charge < -0.3 is 4.42 Å². The Labute approximate surface area is 94.8 Å². The number of rotatable bonds is 0. The minimum absolute atomic E-state index is 0.398. The number of nitrogens with one attached hydrogen (secondary N) is 1. The Kier molecular flexibility index (Phi) is 2.15. The quantitative estimate of drug-likeness (QED) is 0.706. The summed E-state index contributed by atoms with van der Waals surface area (Å²) in [5, 5.41) is 0. The highest BCUT2D eigenvalue weighted by atomic mass is 127. The average Bonchev–Trinajstić information content (AvgIpc) is 2.29. The average molecular weight is 387 g/mol. The van der Waals surface area contributed by atoms with Gasteiger partial charge in [-0.3, -0.25) is 4.98 Å². The van der Waals surface area contributed by atoms with Gasteiger partial charge in [-0.05, 0) is 57.3 Å². The standard InChI is InChI=1S/C7H3I2NO2/c8-3-1-4(9)6-5(2-3)10-7(11)12-6/h1-2H,(H,10,11). The zero-order valence-corrected chi connectivity index (χ0v) is 10.0. The van der Waals surface area contributed by atoms with Crippen molar-refractivity contribution < 1.29 is 4.42 Å². The van der Waals surface area contributed by atoms with Gasteiger partial charge in [-0.15, -0.1) is 0 Å². The molecule has 1 aromatic heterocycles. The van der Waals surface area contributed by atoms with Crippen molar-refractivity contribution in [3.05, 3.63) is 29.8 Å². The van der Waals surface area contributed by atoms with Crippen LogP contribution >= 0.6 is 45.2 Å². The molecule has 0 amide bonds. The Morgan fingerprint density at radius 1 is 1.33 bits per heavy atom. The molecule has 0 spiro atoms. The van der Waals surface area contributed by atoms with Crippen LogP contribution in [-0.4, -0.2) is 4.98 Å². The maximum Gasteiger partial charge on any atom is 0.417 e. The van der Waals surface area contributed by atoms with Gasteiger partial charge in [-0.2, -0.15) is 0 Å². The summed E-state index contributed by atoms with van der Waals surface area (Å²) in [6.07, 6.45) is 0. The van der Waals surface area contributed by atoms with Crippen LogP contribution in [0.5, 0.6) is 0 Å². The van der Waals surface area contributed by atoms with Crippen LogP contribution in [0.2, 0.25) is 0 Å². The predicted octanol–water partition coefficient (Wildman–Crippen LogP) is 2.33. The Hall–Kier alpha value is -0.0500. The van der Waals surface area contributed by atoms with Crippen molar-refractivity contribution in [2.75, 3.05) is 0 Å². The van der Waals surface area contributed by atoms with Gasteiger partial charge in [0.15, 0.2) is 5.58 Å². The largest absolute Gasteiger partial charge is 0.417 e. The van der Waals surface area contributed by atoms with E-state index in [1.54, 1.807) is 0 Å². The molecule has 0 radical (unpaired) electrons. The van der Waals surface area contributed by atoms with E-state index in [2.05, 4.69) is 50.2 Å². The second-order valence-corrected chi connectivity index (χ2v) is 4.69. The summed E-state index contributed by atoms with van der Waals surface area (Å²) < 4.78 is 6.97. The molecule has 0 unspecified atom stereocenters. The fourth-order valence-corrected chi connectivity index (χ4v) is 2.94. The number of fused-ring (bicyclic) bond motifs is 1. The van der Waals surface area contributed by atoms with Crippen LogP contribution in [0.3, 0.4) is 0 Å². The molecule has 0 saturated heterocycles. The molecule has 62 valence electrons. The van der Waals surface area contributed by atoms with Gasteiger partial charge in [0.25, 0.3) is 0 Å². The van der Waals surface area contributed by atoms with Crippen LogP contribution in [0.15, 0.2) is 21.3 Å². The number of benzene rings is 1. The minimum atomic E-state index is -0.398. The summed E-state index contributed by atoms with van der Waals surface area (Å²) in [6.45, 7) is 0. The first-order chi connectivity index (χ1) is 5.66. The zero-order chi connectivity index (χ0) is 8.72. The molecule has 5 heteroatoms. The Bertz CT molecular complexity index is 486. The van der Waals surface area contributed by atoms with Crippen molar-refractivity contribution in [2.45, 2.75) is 0 Å². The highest BCUT2D eigenvalue weighted by molar-refractivity contribution is 14.1. The number of H-pyrrole nitrogens is 1. The van der Waals surface area contributed by atoms with Gasteiger partial charge in [0.1, 0.15) is 0 Å². The number of hydrogen-bond acceptors (Lipinski definition) is 2. The second-order valence-electron chi connectivity index (χ2n) is 2.28. The van der Waals surface area contributed by atoms with Crippen LogP contribution in [0.4, 0.5) is 0 Å². The van der Waals surface area contributed by atoms with Gasteiger partial charge in [-0.1, -0.05) is 0 Å². The van der Waals surface area contributed by atoms with E-state index in [0.717, 1.165) is 12.7 Å². The van der Waals surface area contributed by atoms with Gasteiger partial charge in [0.05, 0.1) is 9.09 Å². The van der Waals surface area contributed by atoms with Crippen LogP contribution in [0, 0.1) is 7.14 Å². The monoisotopic (exact) mass is 387 g/mol. The van der Waals surface area contributed by atoms with E-state index in [0.29, 0.717) is 5.58 Å². The predicted molar refractivity (Wildman–Crippen MR) is 62.3 cm³/mol. The van der Waals surface area contributed by atoms with Gasteiger partial charge >= 0.3 is 5.76 Å². The Morgan fingerprint density at radius 3 is 2.83 bits per heavy atom. The molecule has 1 heterocycles. The molecule has 12 heavy (non-hydrogen) atoms. The van der Waals surface area contributed by atoms with Crippen molar-refractivity contribution in [3.63, 3.8) is 0 Å². The minimum Gasteiger partial charge on any atom is -0.407 e. The molecule has 2 rings (SSSR count). The van der Waals surface area contributed by atoms with Crippen molar-refractivity contribution in [1.82, 2.24) is 4.98 Å². The lowest BCUT2D eigenvalue weighted by molar-refractivity contribution is 0.553. The van der Waals surface area contributed by atoms with Crippen molar-refractivity contribution in [1.29, 1.82) is 0 Å². The van der Waals surface area contributed by atoms with E-state index < -0.39 is 5.76 Å². The third-order valence-corrected chi connectivity index (χ3v) is 2.86. The molecular weight excluding hydrogens is 384 g/mol. The topological polar surface area (TPSA) is 46.0 Å². The summed E-state index contributed by atoms with van der Waals surface area (Å²) in [7, 11) is 0. The fourth-order valence-electron chi connectivity index (χ4n) is 0.985. The normalized spacial score (nSPS) is 10.8. The van der Waals surface area contributed by atoms with Crippen LogP contribution in [0.25, 0.3) is 11.1 Å². The lowest BCUT2D eigenvalue weighted by atomic mass is 10.3. The number of hydrogen-bond donors (Lipinski definition) is 1. The van der Waals surface area contributed by atoms with E-state index in [1.807, 2.05) is 12.1 Å². The molecule has 1 N–H and O–H groups in total. The molecule has 0 fully saturated rings. The number of oxazole rings is 1. The third-order valence-electron chi connectivity index (χ3n) is 1.44. The lowest BCUT2D eigenvalue weighted by Gasteiger charge is -1.92. The number of halogens is 2. The number of aromatic amines is 1. The first-order valence-electron chi connectivity index (χ1n) is 3.15. The fraction of sp³-hybridized carbons (Fsp3) is 0. The van der Waals surface area contributed by atoms with Crippen molar-refractivity contribution in [3.8, 4) is 0 Å². The molecule has 0 aliphatic carbocycles. The molecule has 0 aliphatic heterocycles. The summed E-state index contributed by atoms with van der Waals surface area (Å²) in [5.74, 6) is -0.398. The molecule has 0 aliphatic rings. The Morgan fingerprint density at radius 2 is 2.08 bits per heavy atom. The van der Waals surface area contributed by atoms with Crippen molar-refractivity contribution >= 4 is 56.3 Å². The van der Waals surface area contributed by atoms with Gasteiger partial charge in [-0.25, -0.2) is 4.79 Å². The first-order valence-corrected chi connectivity index (χ1v) is 5.30. The van der Waals surface area contributed by atoms with E-state index in [9.17, 15) is 4.79 Å². The summed E-state index contributed by atoms with van der Waals surface area (Å²) in [5.41, 5.74) is 1.40. The zero-order valence-electron chi connectivity index (χ0n) is 5.73. The summed E-state index contributed by atoms with van der Waals surface area (Å²) in [6, 6.07) is 3.84. The maximum atomic E-state index is 10.8. The SMILES string of the molecule is O=c1[nH]c2cc(I)cc(I)c2o1. The first kappa shape index (κ1) is 8.54. The van der Waals surface area contributed by atoms with Crippen LogP contribution in [-0.2, 0) is 0 Å². The van der Waals surface area contributed by atoms with Gasteiger partial charge in [0, 0.05) is 3.57 Å².